The molecule has 360 valence electrons. The maximum Gasteiger partial charge on any atom is -1.00 e. The quantitative estimate of drug-likeness (QED) is 0.0710. The van der Waals surface area contributed by atoms with E-state index in [2.05, 4.69) is 136 Å². The minimum absolute atomic E-state index is 0. The molecule has 0 unspecified atom stereocenters. The third-order valence-electron chi connectivity index (χ3n) is 6.96. The molecule has 0 radical (unpaired) electrons. The van der Waals surface area contributed by atoms with Crippen LogP contribution in [0.25, 0.3) is 22.3 Å². The van der Waals surface area contributed by atoms with E-state index in [1.807, 2.05) is 54.9 Å². The average molecular weight is 1020 g/mol. The van der Waals surface area contributed by atoms with Gasteiger partial charge in [-0.25, -0.2) is 13.7 Å². The Morgan fingerprint density at radius 2 is 0.641 bits per heavy atom. The maximum absolute atomic E-state index is 9.84. The van der Waals surface area contributed by atoms with E-state index in [4.69, 9.17) is 11.6 Å². The second-order valence-corrected chi connectivity index (χ2v) is 16.0. The van der Waals surface area contributed by atoms with Gasteiger partial charge in [0.2, 0.25) is 0 Å². The van der Waals surface area contributed by atoms with Gasteiger partial charge in [0.25, 0.3) is 0 Å². The van der Waals surface area contributed by atoms with Crippen LogP contribution in [0.15, 0.2) is 159 Å². The van der Waals surface area contributed by atoms with Gasteiger partial charge in [-0.05, 0) is 53.8 Å². The summed E-state index contributed by atoms with van der Waals surface area (Å²) in [7, 11) is -25.6. The van der Waals surface area contributed by atoms with Gasteiger partial charge >= 0.3 is 87.4 Å². The second kappa shape index (κ2) is 27.6. The van der Waals surface area contributed by atoms with Crippen LogP contribution in [0.2, 0.25) is 0 Å². The summed E-state index contributed by atoms with van der Waals surface area (Å²) in [6.07, 6.45) is 16.4. The molecule has 4 aromatic heterocycles. The smallest absolute Gasteiger partial charge is 1.00 e. The third kappa shape index (κ3) is 40.2. The summed E-state index contributed by atoms with van der Waals surface area (Å²) >= 11 is 5.53. The summed E-state index contributed by atoms with van der Waals surface area (Å²) in [6, 6.07) is 37.5. The topological polar surface area (TPSA) is 24.5 Å². The zero-order valence-electron chi connectivity index (χ0n) is 33.2. The summed E-state index contributed by atoms with van der Waals surface area (Å²) in [5.41, 5.74) is 7.45. The fraction of sp³-hybridized carbons (Fsp3) is 0.158. The zero-order chi connectivity index (χ0) is 46.5. The van der Waals surface area contributed by atoms with E-state index in [1.165, 1.54) is 33.4 Å². The summed E-state index contributed by atoms with van der Waals surface area (Å²) in [5, 5.41) is 0. The summed E-state index contributed by atoms with van der Waals surface area (Å²) in [6.45, 7) is 7.20. The third-order valence-corrected chi connectivity index (χ3v) is 7.26. The number of pyridine rings is 4. The van der Waals surface area contributed by atoms with Crippen LogP contribution in [-0.4, -0.2) is 4.98 Å². The Balaban J connectivity index is -0.000000754. The molecule has 26 heteroatoms. The fourth-order valence-corrected chi connectivity index (χ4v) is 4.56. The van der Waals surface area contributed by atoms with Crippen LogP contribution in [-0.2, 0) is 25.5 Å². The molecule has 6 rings (SSSR count). The first-order chi connectivity index (χ1) is 27.9. The van der Waals surface area contributed by atoms with E-state index in [0.717, 1.165) is 19.6 Å². The van der Waals surface area contributed by atoms with Crippen LogP contribution < -0.4 is 27.8 Å². The molecule has 0 N–H and O–H groups in total. The normalized spacial score (nSPS) is 12.2. The van der Waals surface area contributed by atoms with Crippen molar-refractivity contribution in [2.45, 2.75) is 39.4 Å². The Morgan fingerprint density at radius 1 is 0.391 bits per heavy atom. The Kier molecular flexibility index (Phi) is 27.5. The van der Waals surface area contributed by atoms with E-state index in [1.54, 1.807) is 0 Å². The van der Waals surface area contributed by atoms with E-state index in [9.17, 15) is 63.0 Å². The first kappa shape index (κ1) is 63.6. The van der Waals surface area contributed by atoms with Crippen molar-refractivity contribution in [1.82, 2.24) is 4.98 Å². The van der Waals surface area contributed by atoms with Gasteiger partial charge in [0.05, 0.1) is 0 Å². The van der Waals surface area contributed by atoms with Crippen molar-refractivity contribution in [3.63, 3.8) is 0 Å². The van der Waals surface area contributed by atoms with Crippen LogP contribution in [0, 0.1) is 0 Å². The molecule has 0 amide bonds. The van der Waals surface area contributed by atoms with Crippen LogP contribution >= 0.6 is 36.1 Å². The zero-order valence-corrected chi connectivity index (χ0v) is 36.6. The van der Waals surface area contributed by atoms with Crippen molar-refractivity contribution < 1.29 is 90.8 Å². The second-order valence-electron chi connectivity index (χ2n) is 11.9. The number of benzene rings is 2. The monoisotopic (exact) mass is 1020 g/mol. The Morgan fingerprint density at radius 3 is 0.891 bits per heavy atom. The SMILES string of the molecule is CC[n+]1ccc(-c2cc[n+](Cc3ccccc3)cc2)cc1.CC[n+]1ccc(-c2ccncc2)cc1.ClCc1ccccc1.FP(F)(F)(F)F.FP(F)(F)(F)F.FP(F)(F)(F)F.[F-].[F-].[F-]. The van der Waals surface area contributed by atoms with Crippen molar-refractivity contribution in [1.29, 1.82) is 0 Å². The summed E-state index contributed by atoms with van der Waals surface area (Å²) in [4.78, 5) is 4.00. The minimum atomic E-state index is -8.55. The van der Waals surface area contributed by atoms with E-state index < -0.39 is 24.5 Å². The number of alkyl halides is 1. The molecule has 4 heterocycles. The number of aryl methyl sites for hydroxylation is 2. The first-order valence-electron chi connectivity index (χ1n) is 17.2. The van der Waals surface area contributed by atoms with E-state index >= 15 is 0 Å². The van der Waals surface area contributed by atoms with Crippen molar-refractivity contribution >= 4 is 36.1 Å². The van der Waals surface area contributed by atoms with Crippen LogP contribution in [0.1, 0.15) is 25.0 Å². The molecule has 0 fully saturated rings. The van der Waals surface area contributed by atoms with E-state index in [0.29, 0.717) is 5.88 Å². The molecule has 2 aromatic carbocycles. The molecule has 64 heavy (non-hydrogen) atoms. The van der Waals surface area contributed by atoms with Gasteiger partial charge in [-0.2, -0.15) is 0 Å². The van der Waals surface area contributed by atoms with Crippen LogP contribution in [0.4, 0.5) is 63.0 Å². The molecule has 0 saturated heterocycles. The Hall–Kier alpha value is -4.64. The Labute approximate surface area is 362 Å². The Bertz CT molecular complexity index is 2030. The summed E-state index contributed by atoms with van der Waals surface area (Å²) in [5.74, 6) is 0.612. The van der Waals surface area contributed by atoms with Crippen molar-refractivity contribution in [3.05, 3.63) is 170 Å². The first-order valence-corrected chi connectivity index (χ1v) is 22.8. The largest absolute Gasteiger partial charge is 1.00 e. The molecule has 0 saturated carbocycles. The standard InChI is InChI=1S/C19H20N2.C12H13N2.C7H7Cl.3F5P.3FH/c1-2-20-12-8-18(9-13-20)19-10-14-21(15-11-19)16-17-6-4-3-5-7-17;1-2-14-9-5-12(6-10-14)11-3-7-13-8-4-11;8-6-7-4-2-1-3-5-7;3*1-6(2,3,4)5;;;/h3-15H,2,16H2,1H3;3-10H,2H2,1H3;1-5H,6H2;;;;3*1H/q+2;+1;;;;;;;/p-3. The maximum atomic E-state index is 9.84. The molecular weight excluding hydrogens is 983 g/mol. The molecule has 0 bridgehead atoms. The number of hydrogen-bond acceptors (Lipinski definition) is 1. The van der Waals surface area contributed by atoms with Gasteiger partial charge in [-0.1, -0.05) is 60.7 Å². The van der Waals surface area contributed by atoms with Crippen LogP contribution in [0.3, 0.4) is 0 Å². The van der Waals surface area contributed by atoms with Crippen LogP contribution in [0.5, 0.6) is 0 Å². The molecule has 0 aliphatic rings. The predicted molar refractivity (Wildman–Crippen MR) is 212 cm³/mol. The molecule has 4 nitrogen and oxygen atoms in total. The number of nitrogens with zero attached hydrogens (tertiary/aromatic N) is 4. The number of halogens is 19. The molecule has 0 atom stereocenters. The van der Waals surface area contributed by atoms with Gasteiger partial charge < -0.3 is 14.1 Å². The molecular formula is C38H40ClF18N4P3. The molecule has 0 spiro atoms. The molecule has 6 aromatic rings. The van der Waals surface area contributed by atoms with Crippen molar-refractivity contribution in [2.24, 2.45) is 0 Å². The summed E-state index contributed by atoms with van der Waals surface area (Å²) < 4.78 is 154. The van der Waals surface area contributed by atoms with Gasteiger partial charge in [0.1, 0.15) is 13.1 Å². The number of rotatable bonds is 7. The average Bonchev–Trinajstić information content (AvgIpc) is 3.17. The molecule has 0 aliphatic heterocycles. The van der Waals surface area contributed by atoms with Crippen molar-refractivity contribution in [3.8, 4) is 22.3 Å². The molecule has 0 aliphatic carbocycles. The predicted octanol–water partition coefficient (Wildman–Crippen LogP) is 7.38. The van der Waals surface area contributed by atoms with Gasteiger partial charge in [-0.3, -0.25) is 4.98 Å². The van der Waals surface area contributed by atoms with Gasteiger partial charge in [0.15, 0.2) is 43.7 Å². The number of aromatic nitrogens is 4. The van der Waals surface area contributed by atoms with Gasteiger partial charge in [-0.15, -0.1) is 11.6 Å². The van der Waals surface area contributed by atoms with Crippen molar-refractivity contribution in [2.75, 3.05) is 0 Å². The fourth-order valence-electron chi connectivity index (χ4n) is 4.38. The number of hydrogen-bond donors (Lipinski definition) is 0. The van der Waals surface area contributed by atoms with E-state index in [-0.39, 0.29) is 14.1 Å². The van der Waals surface area contributed by atoms with Gasteiger partial charge in [0, 0.05) is 60.2 Å². The minimum Gasteiger partial charge on any atom is -1.00 e.